The lowest BCUT2D eigenvalue weighted by molar-refractivity contribution is 0.455. The molecule has 15 heavy (non-hydrogen) atoms. The van der Waals surface area contributed by atoms with Crippen LogP contribution in [0.25, 0.3) is 0 Å². The van der Waals surface area contributed by atoms with Crippen LogP contribution in [0.4, 0.5) is 0 Å². The number of hydrogen-bond donors (Lipinski definition) is 0. The average molecular weight is 265 g/mol. The molecule has 2 aromatic rings. The first kappa shape index (κ1) is 10.1. The minimum Gasteiger partial charge on any atom is -0.437 e. The first-order valence-electron chi connectivity index (χ1n) is 4.47. The Balaban J connectivity index is 2.22. The largest absolute Gasteiger partial charge is 0.437 e. The van der Waals surface area contributed by atoms with E-state index in [2.05, 4.69) is 26.1 Å². The Morgan fingerprint density at radius 2 is 2.13 bits per heavy atom. The molecular weight excluding hydrogens is 256 g/mol. The maximum absolute atomic E-state index is 5.51. The van der Waals surface area contributed by atoms with Crippen LogP contribution in [0.5, 0.6) is 11.6 Å². The van der Waals surface area contributed by atoms with Crippen LogP contribution >= 0.6 is 15.9 Å². The molecule has 1 aromatic carbocycles. The predicted molar refractivity (Wildman–Crippen MR) is 61.0 cm³/mol. The zero-order valence-electron chi connectivity index (χ0n) is 8.14. The minimum atomic E-state index is 0.494. The van der Waals surface area contributed by atoms with E-state index >= 15 is 0 Å². The highest BCUT2D eigenvalue weighted by molar-refractivity contribution is 9.10. The molecule has 3 nitrogen and oxygen atoms in total. The van der Waals surface area contributed by atoms with Crippen molar-refractivity contribution in [1.29, 1.82) is 0 Å². The fourth-order valence-corrected chi connectivity index (χ4v) is 1.46. The van der Waals surface area contributed by atoms with Crippen LogP contribution in [0.3, 0.4) is 0 Å². The highest BCUT2D eigenvalue weighted by Crippen LogP contribution is 2.25. The molecule has 1 heterocycles. The lowest BCUT2D eigenvalue weighted by Crippen LogP contribution is -1.89. The topological polar surface area (TPSA) is 35.0 Å². The fourth-order valence-electron chi connectivity index (χ4n) is 1.10. The molecule has 0 N–H and O–H groups in total. The Morgan fingerprint density at radius 3 is 2.80 bits per heavy atom. The van der Waals surface area contributed by atoms with Crippen LogP contribution in [0, 0.1) is 6.92 Å². The van der Waals surface area contributed by atoms with Gasteiger partial charge in [0.2, 0.25) is 5.88 Å². The van der Waals surface area contributed by atoms with Crippen LogP contribution in [0.2, 0.25) is 0 Å². The van der Waals surface area contributed by atoms with Crippen molar-refractivity contribution in [3.05, 3.63) is 46.6 Å². The molecule has 0 radical (unpaired) electrons. The molecule has 0 spiro atoms. The van der Waals surface area contributed by atoms with Gasteiger partial charge in [0.25, 0.3) is 0 Å². The molecule has 1 aromatic heterocycles. The van der Waals surface area contributed by atoms with Gasteiger partial charge in [-0.25, -0.2) is 0 Å². The van der Waals surface area contributed by atoms with Crippen molar-refractivity contribution in [2.45, 2.75) is 6.92 Å². The van der Waals surface area contributed by atoms with Crippen LogP contribution in [0.1, 0.15) is 5.56 Å². The van der Waals surface area contributed by atoms with Crippen molar-refractivity contribution in [3.63, 3.8) is 0 Å². The summed E-state index contributed by atoms with van der Waals surface area (Å²) in [5, 5.41) is 7.57. The highest BCUT2D eigenvalue weighted by atomic mass is 79.9. The van der Waals surface area contributed by atoms with Crippen molar-refractivity contribution in [1.82, 2.24) is 10.2 Å². The Bertz CT molecular complexity index is 459. The molecule has 0 bridgehead atoms. The number of halogens is 1. The van der Waals surface area contributed by atoms with Crippen molar-refractivity contribution in [3.8, 4) is 11.6 Å². The number of rotatable bonds is 2. The first-order chi connectivity index (χ1) is 7.25. The van der Waals surface area contributed by atoms with E-state index in [1.54, 1.807) is 18.3 Å². The van der Waals surface area contributed by atoms with Crippen LogP contribution in [-0.4, -0.2) is 10.2 Å². The lowest BCUT2D eigenvalue weighted by Gasteiger charge is -2.05. The zero-order chi connectivity index (χ0) is 10.7. The quantitative estimate of drug-likeness (QED) is 0.835. The van der Waals surface area contributed by atoms with Crippen LogP contribution in [0.15, 0.2) is 41.0 Å². The summed E-state index contributed by atoms with van der Waals surface area (Å²) in [7, 11) is 0. The molecular formula is C11H9BrN2O. The summed E-state index contributed by atoms with van der Waals surface area (Å²) in [6, 6.07) is 9.33. The molecule has 0 saturated heterocycles. The summed E-state index contributed by atoms with van der Waals surface area (Å²) < 4.78 is 6.53. The van der Waals surface area contributed by atoms with E-state index in [4.69, 9.17) is 4.74 Å². The van der Waals surface area contributed by atoms with Gasteiger partial charge < -0.3 is 4.74 Å². The summed E-state index contributed by atoms with van der Waals surface area (Å²) in [6.45, 7) is 2.02. The van der Waals surface area contributed by atoms with E-state index in [0.717, 1.165) is 10.2 Å². The van der Waals surface area contributed by atoms with Gasteiger partial charge in [-0.2, -0.15) is 5.10 Å². The second-order valence-electron chi connectivity index (χ2n) is 3.07. The molecule has 0 saturated carbocycles. The van der Waals surface area contributed by atoms with Gasteiger partial charge in [-0.3, -0.25) is 0 Å². The predicted octanol–water partition coefficient (Wildman–Crippen LogP) is 3.34. The number of aromatic nitrogens is 2. The highest BCUT2D eigenvalue weighted by Gasteiger charge is 2.00. The number of nitrogens with zero attached hydrogens (tertiary/aromatic N) is 2. The Hall–Kier alpha value is -1.42. The van der Waals surface area contributed by atoms with Crippen LogP contribution < -0.4 is 4.74 Å². The van der Waals surface area contributed by atoms with E-state index in [1.807, 2.05) is 25.1 Å². The first-order valence-corrected chi connectivity index (χ1v) is 5.27. The number of benzene rings is 1. The Kier molecular flexibility index (Phi) is 2.97. The summed E-state index contributed by atoms with van der Waals surface area (Å²) in [5.41, 5.74) is 1.17. The molecule has 0 aliphatic carbocycles. The van der Waals surface area contributed by atoms with Crippen molar-refractivity contribution in [2.24, 2.45) is 0 Å². The lowest BCUT2D eigenvalue weighted by atomic mass is 10.2. The minimum absolute atomic E-state index is 0.494. The van der Waals surface area contributed by atoms with Gasteiger partial charge >= 0.3 is 0 Å². The summed E-state index contributed by atoms with van der Waals surface area (Å²) in [4.78, 5) is 0. The van der Waals surface area contributed by atoms with E-state index in [9.17, 15) is 0 Å². The fraction of sp³-hybridized carbons (Fsp3) is 0.0909. The monoisotopic (exact) mass is 264 g/mol. The summed E-state index contributed by atoms with van der Waals surface area (Å²) in [6.07, 6.45) is 1.61. The summed E-state index contributed by atoms with van der Waals surface area (Å²) >= 11 is 3.44. The van der Waals surface area contributed by atoms with Gasteiger partial charge in [0.05, 0.1) is 0 Å². The van der Waals surface area contributed by atoms with Gasteiger partial charge in [0.1, 0.15) is 5.75 Å². The maximum atomic E-state index is 5.51. The van der Waals surface area contributed by atoms with Gasteiger partial charge in [0.15, 0.2) is 0 Å². The van der Waals surface area contributed by atoms with Crippen molar-refractivity contribution < 1.29 is 4.74 Å². The molecule has 0 fully saturated rings. The molecule has 0 unspecified atom stereocenters. The second-order valence-corrected chi connectivity index (χ2v) is 3.93. The molecule has 2 rings (SSSR count). The Labute approximate surface area is 96.2 Å². The van der Waals surface area contributed by atoms with Gasteiger partial charge in [-0.15, -0.1) is 5.10 Å². The molecule has 76 valence electrons. The normalized spacial score (nSPS) is 10.0. The van der Waals surface area contributed by atoms with Crippen LogP contribution in [-0.2, 0) is 0 Å². The second kappa shape index (κ2) is 4.40. The van der Waals surface area contributed by atoms with E-state index in [0.29, 0.717) is 5.88 Å². The number of hydrogen-bond acceptors (Lipinski definition) is 3. The van der Waals surface area contributed by atoms with Crippen molar-refractivity contribution >= 4 is 15.9 Å². The average Bonchev–Trinajstić information content (AvgIpc) is 2.25. The molecule has 0 aliphatic rings. The molecule has 0 atom stereocenters. The molecule has 4 heteroatoms. The van der Waals surface area contributed by atoms with Gasteiger partial charge in [-0.1, -0.05) is 22.0 Å². The van der Waals surface area contributed by atoms with E-state index < -0.39 is 0 Å². The number of aryl methyl sites for hydroxylation is 1. The third-order valence-corrected chi connectivity index (χ3v) is 2.77. The SMILES string of the molecule is Cc1ccc(Oc2cccnn2)cc1Br. The zero-order valence-corrected chi connectivity index (χ0v) is 9.73. The third kappa shape index (κ3) is 2.53. The van der Waals surface area contributed by atoms with Gasteiger partial charge in [-0.05, 0) is 30.7 Å². The van der Waals surface area contributed by atoms with E-state index in [1.165, 1.54) is 5.56 Å². The van der Waals surface area contributed by atoms with E-state index in [-0.39, 0.29) is 0 Å². The maximum Gasteiger partial charge on any atom is 0.238 e. The Morgan fingerprint density at radius 1 is 1.27 bits per heavy atom. The van der Waals surface area contributed by atoms with Gasteiger partial charge in [0, 0.05) is 16.7 Å². The van der Waals surface area contributed by atoms with Crippen molar-refractivity contribution in [2.75, 3.05) is 0 Å². The standard InChI is InChI=1S/C11H9BrN2O/c1-8-4-5-9(7-10(8)12)15-11-3-2-6-13-14-11/h2-7H,1H3. The summed E-state index contributed by atoms with van der Waals surface area (Å²) in [5.74, 6) is 1.24. The number of ether oxygens (including phenoxy) is 1. The molecule has 0 amide bonds. The third-order valence-electron chi connectivity index (χ3n) is 1.91. The molecule has 0 aliphatic heterocycles. The smallest absolute Gasteiger partial charge is 0.238 e.